The van der Waals surface area contributed by atoms with Gasteiger partial charge in [-0.25, -0.2) is 9.78 Å². The van der Waals surface area contributed by atoms with Gasteiger partial charge in [0.15, 0.2) is 5.69 Å². The van der Waals surface area contributed by atoms with Crippen LogP contribution in [0.2, 0.25) is 0 Å². The first-order valence-electron chi connectivity index (χ1n) is 8.01. The number of carbonyl (C=O) groups is 1. The molecule has 0 bridgehead atoms. The molecule has 8 heteroatoms. The van der Waals surface area contributed by atoms with Crippen LogP contribution in [0.5, 0.6) is 0 Å². The molecule has 0 radical (unpaired) electrons. The molecule has 1 saturated heterocycles. The van der Waals surface area contributed by atoms with Crippen molar-refractivity contribution < 1.29 is 18.0 Å². The summed E-state index contributed by atoms with van der Waals surface area (Å²) in [6, 6.07) is 0.257. The zero-order valence-corrected chi connectivity index (χ0v) is 13.6. The highest BCUT2D eigenvalue weighted by atomic mass is 32.1. The van der Waals surface area contributed by atoms with Crippen LogP contribution in [0.1, 0.15) is 42.8 Å². The predicted octanol–water partition coefficient (Wildman–Crippen LogP) is 3.68. The van der Waals surface area contributed by atoms with Crippen LogP contribution in [0.4, 0.5) is 18.0 Å². The van der Waals surface area contributed by atoms with Gasteiger partial charge in [0.1, 0.15) is 0 Å². The molecule has 1 aromatic rings. The molecule has 2 amide bonds. The number of hydrogen-bond acceptors (Lipinski definition) is 3. The van der Waals surface area contributed by atoms with Gasteiger partial charge >= 0.3 is 12.2 Å². The number of rotatable bonds is 3. The highest BCUT2D eigenvalue weighted by Gasteiger charge is 2.38. The van der Waals surface area contributed by atoms with E-state index >= 15 is 0 Å². The average molecular weight is 347 g/mol. The van der Waals surface area contributed by atoms with Gasteiger partial charge in [-0.2, -0.15) is 13.2 Å². The van der Waals surface area contributed by atoms with Crippen LogP contribution in [0.15, 0.2) is 5.38 Å². The Morgan fingerprint density at radius 3 is 2.87 bits per heavy atom. The minimum atomic E-state index is -4.40. The third kappa shape index (κ3) is 3.79. The van der Waals surface area contributed by atoms with Crippen molar-refractivity contribution in [3.05, 3.63) is 16.1 Å². The summed E-state index contributed by atoms with van der Waals surface area (Å²) in [5.41, 5.74) is -0.853. The summed E-state index contributed by atoms with van der Waals surface area (Å²) in [6.07, 6.45) is 1.69. The molecule has 23 heavy (non-hydrogen) atoms. The second kappa shape index (κ2) is 6.67. The Hall–Kier alpha value is -1.31. The lowest BCUT2D eigenvalue weighted by atomic mass is 9.85. The van der Waals surface area contributed by atoms with Crippen molar-refractivity contribution >= 4 is 17.4 Å². The van der Waals surface area contributed by atoms with E-state index < -0.39 is 11.9 Å². The molecule has 2 heterocycles. The second-order valence-electron chi connectivity index (χ2n) is 6.20. The Morgan fingerprint density at radius 1 is 1.35 bits per heavy atom. The number of nitrogens with zero attached hydrogens (tertiary/aromatic N) is 2. The molecule has 2 fully saturated rings. The van der Waals surface area contributed by atoms with Crippen LogP contribution in [0.25, 0.3) is 0 Å². The summed E-state index contributed by atoms with van der Waals surface area (Å²) in [5, 5.41) is 4.24. The number of likely N-dealkylation sites (tertiary alicyclic amines) is 1. The number of thiazole rings is 1. The van der Waals surface area contributed by atoms with Crippen LogP contribution >= 0.6 is 11.3 Å². The van der Waals surface area contributed by atoms with E-state index in [0.717, 1.165) is 36.1 Å². The van der Waals surface area contributed by atoms with Gasteiger partial charge in [0, 0.05) is 30.9 Å². The van der Waals surface area contributed by atoms with E-state index in [4.69, 9.17) is 0 Å². The standard InChI is InChI=1S/C15H20F3N3OS/c16-15(17,18)12-9-23-13(20-12)5-7-19-14(22)21-8-6-10-3-1-2-4-11(10)21/h9-11H,1-8H2,(H,19,22)/t10-,11+/m1/s1. The van der Waals surface area contributed by atoms with Gasteiger partial charge in [0.25, 0.3) is 0 Å². The fourth-order valence-electron chi connectivity index (χ4n) is 3.59. The molecule has 128 valence electrons. The molecule has 0 unspecified atom stereocenters. The number of urea groups is 1. The number of hydrogen-bond donors (Lipinski definition) is 1. The molecule has 2 atom stereocenters. The monoisotopic (exact) mass is 347 g/mol. The maximum Gasteiger partial charge on any atom is 0.434 e. The summed E-state index contributed by atoms with van der Waals surface area (Å²) in [5.74, 6) is 0.628. The summed E-state index contributed by atoms with van der Waals surface area (Å²) in [6.45, 7) is 1.11. The fourth-order valence-corrected chi connectivity index (χ4v) is 4.40. The first-order valence-corrected chi connectivity index (χ1v) is 8.89. The first kappa shape index (κ1) is 16.5. The van der Waals surface area contributed by atoms with Crippen LogP contribution in [-0.2, 0) is 12.6 Å². The van der Waals surface area contributed by atoms with E-state index in [1.165, 1.54) is 19.3 Å². The maximum atomic E-state index is 12.5. The normalized spacial score (nSPS) is 24.6. The molecule has 1 aliphatic heterocycles. The van der Waals surface area contributed by atoms with Gasteiger partial charge < -0.3 is 10.2 Å². The maximum absolute atomic E-state index is 12.5. The lowest BCUT2D eigenvalue weighted by Gasteiger charge is -2.31. The molecule has 2 aliphatic rings. The largest absolute Gasteiger partial charge is 0.434 e. The summed E-state index contributed by atoms with van der Waals surface area (Å²) in [7, 11) is 0. The Balaban J connectivity index is 1.47. The highest BCUT2D eigenvalue weighted by Crippen LogP contribution is 2.36. The molecular weight excluding hydrogens is 327 g/mol. The van der Waals surface area contributed by atoms with Gasteiger partial charge in [-0.1, -0.05) is 12.8 Å². The Morgan fingerprint density at radius 2 is 2.13 bits per heavy atom. The van der Waals surface area contributed by atoms with Gasteiger partial charge in [-0.15, -0.1) is 11.3 Å². The van der Waals surface area contributed by atoms with E-state index in [-0.39, 0.29) is 6.03 Å². The third-order valence-electron chi connectivity index (χ3n) is 4.73. The van der Waals surface area contributed by atoms with Gasteiger partial charge in [-0.05, 0) is 25.2 Å². The molecule has 0 spiro atoms. The number of carbonyl (C=O) groups excluding carboxylic acids is 1. The zero-order valence-electron chi connectivity index (χ0n) is 12.7. The van der Waals surface area contributed by atoms with Crippen molar-refractivity contribution in [3.8, 4) is 0 Å². The van der Waals surface area contributed by atoms with Gasteiger partial charge in [0.2, 0.25) is 0 Å². The van der Waals surface area contributed by atoms with Crippen molar-refractivity contribution in [1.29, 1.82) is 0 Å². The SMILES string of the molecule is O=C(NCCc1nc(C(F)(F)F)cs1)N1CC[C@H]2CCCC[C@@H]21. The van der Waals surface area contributed by atoms with Crippen molar-refractivity contribution in [2.75, 3.05) is 13.1 Å². The average Bonchev–Trinajstić information content (AvgIpc) is 3.13. The fraction of sp³-hybridized carbons (Fsp3) is 0.733. The Labute approximate surface area is 137 Å². The number of nitrogens with one attached hydrogen (secondary N) is 1. The lowest BCUT2D eigenvalue weighted by Crippen LogP contribution is -2.45. The minimum Gasteiger partial charge on any atom is -0.338 e. The highest BCUT2D eigenvalue weighted by molar-refractivity contribution is 7.09. The number of fused-ring (bicyclic) bond motifs is 1. The number of halogens is 3. The van der Waals surface area contributed by atoms with Crippen molar-refractivity contribution in [2.45, 2.75) is 50.7 Å². The molecular formula is C15H20F3N3OS. The predicted molar refractivity (Wildman–Crippen MR) is 81.3 cm³/mol. The number of aromatic nitrogens is 1. The van der Waals surface area contributed by atoms with E-state index in [2.05, 4.69) is 10.3 Å². The Kier molecular flexibility index (Phi) is 4.79. The van der Waals surface area contributed by atoms with Crippen molar-refractivity contribution in [2.24, 2.45) is 5.92 Å². The van der Waals surface area contributed by atoms with Crippen molar-refractivity contribution in [3.63, 3.8) is 0 Å². The lowest BCUT2D eigenvalue weighted by molar-refractivity contribution is -0.140. The summed E-state index contributed by atoms with van der Waals surface area (Å²) < 4.78 is 37.4. The molecule has 1 aliphatic carbocycles. The van der Waals surface area contributed by atoms with Crippen LogP contribution in [0, 0.1) is 5.92 Å². The summed E-state index contributed by atoms with van der Waals surface area (Å²) in [4.78, 5) is 17.8. The molecule has 3 rings (SSSR count). The van der Waals surface area contributed by atoms with E-state index in [0.29, 0.717) is 29.9 Å². The minimum absolute atomic E-state index is 0.0907. The number of alkyl halides is 3. The quantitative estimate of drug-likeness (QED) is 0.907. The van der Waals surface area contributed by atoms with Gasteiger partial charge in [0.05, 0.1) is 5.01 Å². The summed E-state index contributed by atoms with van der Waals surface area (Å²) >= 11 is 0.983. The molecule has 1 saturated carbocycles. The third-order valence-corrected chi connectivity index (χ3v) is 5.64. The van der Waals surface area contributed by atoms with Crippen LogP contribution < -0.4 is 5.32 Å². The van der Waals surface area contributed by atoms with Crippen LogP contribution in [0.3, 0.4) is 0 Å². The zero-order chi connectivity index (χ0) is 16.4. The molecule has 1 aromatic heterocycles. The molecule has 0 aromatic carbocycles. The molecule has 4 nitrogen and oxygen atoms in total. The Bertz CT molecular complexity index is 560. The number of amides is 2. The topological polar surface area (TPSA) is 45.2 Å². The second-order valence-corrected chi connectivity index (χ2v) is 7.14. The first-order chi connectivity index (χ1) is 10.9. The molecule has 1 N–H and O–H groups in total. The smallest absolute Gasteiger partial charge is 0.338 e. The van der Waals surface area contributed by atoms with E-state index in [1.54, 1.807) is 0 Å². The van der Waals surface area contributed by atoms with E-state index in [9.17, 15) is 18.0 Å². The van der Waals surface area contributed by atoms with Gasteiger partial charge in [-0.3, -0.25) is 0 Å². The van der Waals surface area contributed by atoms with E-state index in [1.807, 2.05) is 4.90 Å². The van der Waals surface area contributed by atoms with Crippen molar-refractivity contribution in [1.82, 2.24) is 15.2 Å². The van der Waals surface area contributed by atoms with Crippen LogP contribution in [-0.4, -0.2) is 35.0 Å².